The van der Waals surface area contributed by atoms with E-state index >= 15 is 0 Å². The van der Waals surface area contributed by atoms with Gasteiger partial charge >= 0.3 is 0 Å². The van der Waals surface area contributed by atoms with E-state index in [4.69, 9.17) is 10.1 Å². The molecule has 0 unspecified atom stereocenters. The zero-order valence-electron chi connectivity index (χ0n) is 9.76. The van der Waals surface area contributed by atoms with Crippen LogP contribution in [0.25, 0.3) is 0 Å². The van der Waals surface area contributed by atoms with Crippen molar-refractivity contribution in [1.29, 1.82) is 5.41 Å². The predicted octanol–water partition coefficient (Wildman–Crippen LogP) is 2.12. The summed E-state index contributed by atoms with van der Waals surface area (Å²) in [4.78, 5) is 2.17. The van der Waals surface area contributed by atoms with Crippen molar-refractivity contribution in [3.63, 3.8) is 0 Å². The van der Waals surface area contributed by atoms with Crippen molar-refractivity contribution in [2.45, 2.75) is 39.2 Å². The van der Waals surface area contributed by atoms with Gasteiger partial charge in [0.1, 0.15) is 0 Å². The number of likely N-dealkylation sites (tertiary alicyclic amines) is 1. The second-order valence-electron chi connectivity index (χ2n) is 4.68. The first-order valence-electron chi connectivity index (χ1n) is 5.37. The highest BCUT2D eigenvalue weighted by Gasteiger charge is 2.30. The SMILES string of the molecule is COC1(C)CCN(C(=N)C(C)C)CC1. The van der Waals surface area contributed by atoms with Crippen LogP contribution in [0, 0.1) is 11.3 Å². The van der Waals surface area contributed by atoms with Gasteiger partial charge in [0.05, 0.1) is 11.4 Å². The second-order valence-corrected chi connectivity index (χ2v) is 4.68. The minimum Gasteiger partial charge on any atom is -0.378 e. The zero-order chi connectivity index (χ0) is 10.8. The summed E-state index contributed by atoms with van der Waals surface area (Å²) in [5.74, 6) is 1.10. The van der Waals surface area contributed by atoms with Gasteiger partial charge in [0.2, 0.25) is 0 Å². The highest BCUT2D eigenvalue weighted by molar-refractivity contribution is 5.81. The largest absolute Gasteiger partial charge is 0.378 e. The summed E-state index contributed by atoms with van der Waals surface area (Å²) in [6.07, 6.45) is 2.05. The molecule has 1 aliphatic rings. The Balaban J connectivity index is 2.47. The van der Waals surface area contributed by atoms with E-state index in [1.807, 2.05) is 0 Å². The Morgan fingerprint density at radius 3 is 2.21 bits per heavy atom. The summed E-state index contributed by atoms with van der Waals surface area (Å²) in [5, 5.41) is 7.91. The highest BCUT2D eigenvalue weighted by Crippen LogP contribution is 2.25. The molecule has 1 heterocycles. The normalized spacial score (nSPS) is 21.4. The summed E-state index contributed by atoms with van der Waals surface area (Å²) in [6.45, 7) is 8.23. The van der Waals surface area contributed by atoms with Crippen LogP contribution < -0.4 is 0 Å². The average molecular weight is 198 g/mol. The van der Waals surface area contributed by atoms with Crippen molar-refractivity contribution >= 4 is 5.84 Å². The summed E-state index contributed by atoms with van der Waals surface area (Å²) >= 11 is 0. The number of piperidine rings is 1. The van der Waals surface area contributed by atoms with Crippen LogP contribution in [-0.4, -0.2) is 36.5 Å². The molecule has 3 nitrogen and oxygen atoms in total. The van der Waals surface area contributed by atoms with Crippen LogP contribution in [0.3, 0.4) is 0 Å². The molecule has 0 spiro atoms. The van der Waals surface area contributed by atoms with Gasteiger partial charge < -0.3 is 9.64 Å². The van der Waals surface area contributed by atoms with Gasteiger partial charge in [-0.3, -0.25) is 5.41 Å². The van der Waals surface area contributed by atoms with Crippen LogP contribution in [0.4, 0.5) is 0 Å². The molecule has 0 aliphatic carbocycles. The minimum absolute atomic E-state index is 0.0355. The maximum absolute atomic E-state index is 7.91. The molecule has 82 valence electrons. The first-order valence-corrected chi connectivity index (χ1v) is 5.37. The Labute approximate surface area is 86.9 Å². The lowest BCUT2D eigenvalue weighted by Crippen LogP contribution is -2.47. The van der Waals surface area contributed by atoms with E-state index in [0.717, 1.165) is 31.8 Å². The molecule has 14 heavy (non-hydrogen) atoms. The molecule has 0 saturated carbocycles. The average Bonchev–Trinajstić information content (AvgIpc) is 2.18. The number of ether oxygens (including phenoxy) is 1. The summed E-state index contributed by atoms with van der Waals surface area (Å²) in [7, 11) is 1.78. The molecule has 0 radical (unpaired) electrons. The number of methoxy groups -OCH3 is 1. The topological polar surface area (TPSA) is 36.3 Å². The molecule has 1 fully saturated rings. The third-order valence-electron chi connectivity index (χ3n) is 3.20. The number of hydrogen-bond acceptors (Lipinski definition) is 2. The van der Waals surface area contributed by atoms with Crippen LogP contribution in [0.15, 0.2) is 0 Å². The van der Waals surface area contributed by atoms with Crippen LogP contribution in [0.5, 0.6) is 0 Å². The zero-order valence-corrected chi connectivity index (χ0v) is 9.76. The van der Waals surface area contributed by atoms with Crippen molar-refractivity contribution in [2.24, 2.45) is 5.92 Å². The molecule has 0 amide bonds. The fraction of sp³-hybridized carbons (Fsp3) is 0.909. The molecule has 0 aromatic carbocycles. The van der Waals surface area contributed by atoms with Crippen molar-refractivity contribution in [3.05, 3.63) is 0 Å². The lowest BCUT2D eigenvalue weighted by Gasteiger charge is -2.40. The van der Waals surface area contributed by atoms with Gasteiger partial charge in [0, 0.05) is 26.1 Å². The second kappa shape index (κ2) is 4.30. The fourth-order valence-corrected chi connectivity index (χ4v) is 1.79. The van der Waals surface area contributed by atoms with E-state index in [1.165, 1.54) is 0 Å². The van der Waals surface area contributed by atoms with Crippen LogP contribution in [-0.2, 0) is 4.74 Å². The van der Waals surface area contributed by atoms with Gasteiger partial charge in [-0.15, -0.1) is 0 Å². The van der Waals surface area contributed by atoms with E-state index < -0.39 is 0 Å². The first kappa shape index (κ1) is 11.5. The summed E-state index contributed by atoms with van der Waals surface area (Å²) in [5.41, 5.74) is 0.0355. The highest BCUT2D eigenvalue weighted by atomic mass is 16.5. The van der Waals surface area contributed by atoms with Crippen LogP contribution in [0.1, 0.15) is 33.6 Å². The standard InChI is InChI=1S/C11H22N2O/c1-9(2)10(12)13-7-5-11(3,14-4)6-8-13/h9,12H,5-8H2,1-4H3. The molecule has 0 atom stereocenters. The Morgan fingerprint density at radius 2 is 1.86 bits per heavy atom. The Morgan fingerprint density at radius 1 is 1.36 bits per heavy atom. The van der Waals surface area contributed by atoms with E-state index in [0.29, 0.717) is 5.92 Å². The fourth-order valence-electron chi connectivity index (χ4n) is 1.79. The van der Waals surface area contributed by atoms with Crippen LogP contribution >= 0.6 is 0 Å². The van der Waals surface area contributed by atoms with E-state index in [-0.39, 0.29) is 5.60 Å². The number of nitrogens with zero attached hydrogens (tertiary/aromatic N) is 1. The van der Waals surface area contributed by atoms with E-state index in [9.17, 15) is 0 Å². The number of rotatable bonds is 2. The van der Waals surface area contributed by atoms with E-state index in [1.54, 1.807) is 7.11 Å². The quantitative estimate of drug-likeness (QED) is 0.545. The lowest BCUT2D eigenvalue weighted by molar-refractivity contribution is -0.0325. The Hall–Kier alpha value is -0.570. The molecule has 1 N–H and O–H groups in total. The molecule has 1 rings (SSSR count). The molecular weight excluding hydrogens is 176 g/mol. The van der Waals surface area contributed by atoms with E-state index in [2.05, 4.69) is 25.7 Å². The Bertz CT molecular complexity index is 205. The maximum Gasteiger partial charge on any atom is 0.0983 e. The molecule has 3 heteroatoms. The van der Waals surface area contributed by atoms with Gasteiger partial charge in [0.15, 0.2) is 0 Å². The van der Waals surface area contributed by atoms with Crippen molar-refractivity contribution in [2.75, 3.05) is 20.2 Å². The molecule has 0 aromatic rings. The van der Waals surface area contributed by atoms with Gasteiger partial charge in [-0.1, -0.05) is 13.8 Å². The minimum atomic E-state index is 0.0355. The molecule has 1 aliphatic heterocycles. The number of amidine groups is 1. The number of hydrogen-bond donors (Lipinski definition) is 1. The van der Waals surface area contributed by atoms with Gasteiger partial charge in [-0.2, -0.15) is 0 Å². The van der Waals surface area contributed by atoms with Gasteiger partial charge in [-0.25, -0.2) is 0 Å². The molecule has 1 saturated heterocycles. The van der Waals surface area contributed by atoms with Crippen LogP contribution in [0.2, 0.25) is 0 Å². The third-order valence-corrected chi connectivity index (χ3v) is 3.20. The summed E-state index contributed by atoms with van der Waals surface area (Å²) in [6, 6.07) is 0. The van der Waals surface area contributed by atoms with Crippen molar-refractivity contribution in [1.82, 2.24) is 4.90 Å². The maximum atomic E-state index is 7.91. The predicted molar refractivity (Wildman–Crippen MR) is 58.8 cm³/mol. The van der Waals surface area contributed by atoms with Gasteiger partial charge in [0.25, 0.3) is 0 Å². The smallest absolute Gasteiger partial charge is 0.0983 e. The Kier molecular flexibility index (Phi) is 3.53. The lowest BCUT2D eigenvalue weighted by atomic mass is 9.93. The monoisotopic (exact) mass is 198 g/mol. The number of nitrogens with one attached hydrogen (secondary N) is 1. The van der Waals surface area contributed by atoms with Gasteiger partial charge in [-0.05, 0) is 19.8 Å². The first-order chi connectivity index (χ1) is 6.48. The summed E-state index contributed by atoms with van der Waals surface area (Å²) < 4.78 is 5.47. The van der Waals surface area contributed by atoms with Crippen molar-refractivity contribution < 1.29 is 4.74 Å². The van der Waals surface area contributed by atoms with Crippen molar-refractivity contribution in [3.8, 4) is 0 Å². The molecule has 0 bridgehead atoms. The third kappa shape index (κ3) is 2.47. The molecular formula is C11H22N2O. The molecule has 0 aromatic heterocycles.